The number of benzene rings is 8. The van der Waals surface area contributed by atoms with Crippen LogP contribution in [0.2, 0.25) is 0 Å². The van der Waals surface area contributed by atoms with Crippen LogP contribution in [0.3, 0.4) is 0 Å². The van der Waals surface area contributed by atoms with Crippen LogP contribution in [0.4, 0.5) is 0 Å². The van der Waals surface area contributed by atoms with Gasteiger partial charge in [-0.2, -0.15) is 0 Å². The van der Waals surface area contributed by atoms with Gasteiger partial charge in [0.25, 0.3) is 0 Å². The molecule has 0 amide bonds. The number of hydrogen-bond donors (Lipinski definition) is 0. The number of para-hydroxylation sites is 1. The van der Waals surface area contributed by atoms with E-state index in [0.717, 1.165) is 53.6 Å². The summed E-state index contributed by atoms with van der Waals surface area (Å²) in [5.74, 6) is 1.90. The van der Waals surface area contributed by atoms with Gasteiger partial charge in [0.1, 0.15) is 0 Å². The Bertz CT molecular complexity index is 4210. The quantitative estimate of drug-likeness (QED) is 0.173. The van der Waals surface area contributed by atoms with Gasteiger partial charge < -0.3 is 4.57 Å². The molecule has 5 nitrogen and oxygen atoms in total. The average Bonchev–Trinajstić information content (AvgIpc) is 4.12. The molecule has 0 N–H and O–H groups in total. The van der Waals surface area contributed by atoms with Crippen molar-refractivity contribution in [3.05, 3.63) is 188 Å². The third-order valence-corrected chi connectivity index (χ3v) is 16.0. The molecule has 8 heteroatoms. The molecule has 0 saturated carbocycles. The summed E-state index contributed by atoms with van der Waals surface area (Å²) in [7, 11) is 0. The van der Waals surface area contributed by atoms with Crippen molar-refractivity contribution in [3.63, 3.8) is 0 Å². The lowest BCUT2D eigenvalue weighted by molar-refractivity contribution is 1.08. The second-order valence-electron chi connectivity index (χ2n) is 16.2. The Morgan fingerprint density at radius 1 is 0.344 bits per heavy atom. The number of thiophene rings is 3. The molecule has 0 unspecified atom stereocenters. The summed E-state index contributed by atoms with van der Waals surface area (Å²) in [4.78, 5) is 20.4. The number of hydrogen-bond acceptors (Lipinski definition) is 7. The normalized spacial score (nSPS) is 12.1. The van der Waals surface area contributed by atoms with Gasteiger partial charge in [0.05, 0.1) is 15.7 Å². The van der Waals surface area contributed by atoms with Gasteiger partial charge in [0.2, 0.25) is 0 Å². The standard InChI is InChI=1S/C56H31N5S3/c1-2-10-32(11-3-1)54-58-55(35-20-23-51-43(28-35)39-14-6-9-17-49(39)63-51)60-56(59-54)45-30-36(29-44-40-24-25-57-31-52(40)64-53(44)45)61-46-15-7-4-12-37(46)41-26-33(18-21-47(41)61)34-19-22-50-42(27-34)38-13-5-8-16-48(38)62-50/h1-31H. The van der Waals surface area contributed by atoms with Crippen molar-refractivity contribution in [1.82, 2.24) is 24.5 Å². The van der Waals surface area contributed by atoms with Crippen LogP contribution in [0.15, 0.2) is 188 Å². The van der Waals surface area contributed by atoms with E-state index in [1.807, 2.05) is 53.3 Å². The SMILES string of the molecule is c1ccc(-c2nc(-c3ccc4sc5ccccc5c4c3)nc(-c3cc(-n4c5ccccc5c5cc(-c6ccc7sc8ccccc8c7c6)ccc54)cc4c3sc3cnccc34)n2)cc1. The molecule has 6 aromatic heterocycles. The first-order valence-corrected chi connectivity index (χ1v) is 23.6. The van der Waals surface area contributed by atoms with Gasteiger partial charge in [-0.25, -0.2) is 15.0 Å². The lowest BCUT2D eigenvalue weighted by Crippen LogP contribution is -2.01. The molecule has 0 spiro atoms. The summed E-state index contributed by atoms with van der Waals surface area (Å²) in [6.07, 6.45) is 3.86. The fourth-order valence-corrected chi connectivity index (χ4v) is 12.9. The molecule has 298 valence electrons. The predicted molar refractivity (Wildman–Crippen MR) is 272 cm³/mol. The molecule has 0 fully saturated rings. The first-order valence-electron chi connectivity index (χ1n) is 21.2. The zero-order chi connectivity index (χ0) is 41.9. The highest BCUT2D eigenvalue weighted by Crippen LogP contribution is 2.44. The summed E-state index contributed by atoms with van der Waals surface area (Å²) in [5.41, 5.74) is 8.56. The molecule has 0 aliphatic carbocycles. The zero-order valence-electron chi connectivity index (χ0n) is 33.9. The molecule has 6 heterocycles. The Balaban J connectivity index is 1.00. The molecule has 0 aliphatic heterocycles. The fraction of sp³-hybridized carbons (Fsp3) is 0. The van der Waals surface area contributed by atoms with E-state index in [2.05, 4.69) is 167 Å². The third-order valence-electron chi connectivity index (χ3n) is 12.5. The molecule has 14 aromatic rings. The monoisotopic (exact) mass is 869 g/mol. The maximum Gasteiger partial charge on any atom is 0.165 e. The summed E-state index contributed by atoms with van der Waals surface area (Å²) < 4.78 is 9.77. The van der Waals surface area contributed by atoms with Crippen molar-refractivity contribution < 1.29 is 0 Å². The summed E-state index contributed by atoms with van der Waals surface area (Å²) >= 11 is 5.40. The Morgan fingerprint density at radius 2 is 0.906 bits per heavy atom. The predicted octanol–water partition coefficient (Wildman–Crippen LogP) is 16.1. The van der Waals surface area contributed by atoms with E-state index in [-0.39, 0.29) is 0 Å². The number of aromatic nitrogens is 5. The topological polar surface area (TPSA) is 56.5 Å². The summed E-state index contributed by atoms with van der Waals surface area (Å²) in [5, 5.41) is 9.76. The van der Waals surface area contributed by atoms with Crippen LogP contribution in [0.25, 0.3) is 133 Å². The lowest BCUT2D eigenvalue weighted by Gasteiger charge is -2.13. The Morgan fingerprint density at radius 3 is 1.67 bits per heavy atom. The molecule has 0 atom stereocenters. The van der Waals surface area contributed by atoms with Crippen molar-refractivity contribution in [1.29, 1.82) is 0 Å². The van der Waals surface area contributed by atoms with Crippen LogP contribution in [0.1, 0.15) is 0 Å². The number of fused-ring (bicyclic) bond motifs is 12. The molecular formula is C56H31N5S3. The molecule has 0 radical (unpaired) electrons. The van der Waals surface area contributed by atoms with Crippen molar-refractivity contribution in [3.8, 4) is 51.0 Å². The molecule has 64 heavy (non-hydrogen) atoms. The van der Waals surface area contributed by atoms with Gasteiger partial charge in [-0.3, -0.25) is 4.98 Å². The third kappa shape index (κ3) is 5.53. The van der Waals surface area contributed by atoms with Gasteiger partial charge in [0.15, 0.2) is 17.5 Å². The smallest absolute Gasteiger partial charge is 0.165 e. The maximum atomic E-state index is 5.38. The van der Waals surface area contributed by atoms with Gasteiger partial charge in [-0.15, -0.1) is 34.0 Å². The van der Waals surface area contributed by atoms with Crippen molar-refractivity contribution in [2.24, 2.45) is 0 Å². The van der Waals surface area contributed by atoms with Crippen molar-refractivity contribution in [2.75, 3.05) is 0 Å². The highest BCUT2D eigenvalue weighted by Gasteiger charge is 2.22. The fourth-order valence-electron chi connectivity index (χ4n) is 9.56. The van der Waals surface area contributed by atoms with E-state index in [9.17, 15) is 0 Å². The highest BCUT2D eigenvalue weighted by molar-refractivity contribution is 7.26. The molecule has 14 rings (SSSR count). The van der Waals surface area contributed by atoms with E-state index in [1.54, 1.807) is 11.3 Å². The second kappa shape index (κ2) is 13.9. The van der Waals surface area contributed by atoms with Gasteiger partial charge in [0, 0.05) is 101 Å². The average molecular weight is 870 g/mol. The first kappa shape index (κ1) is 35.9. The zero-order valence-corrected chi connectivity index (χ0v) is 36.3. The minimum Gasteiger partial charge on any atom is -0.309 e. The maximum absolute atomic E-state index is 5.38. The molecular weight excluding hydrogens is 839 g/mol. The number of rotatable bonds is 5. The van der Waals surface area contributed by atoms with Crippen LogP contribution in [-0.2, 0) is 0 Å². The van der Waals surface area contributed by atoms with Crippen LogP contribution >= 0.6 is 34.0 Å². The minimum absolute atomic E-state index is 0.630. The molecule has 0 bridgehead atoms. The molecule has 8 aromatic carbocycles. The first-order chi connectivity index (χ1) is 31.7. The summed E-state index contributed by atoms with van der Waals surface area (Å²) in [6, 6.07) is 63.5. The summed E-state index contributed by atoms with van der Waals surface area (Å²) in [6.45, 7) is 0. The highest BCUT2D eigenvalue weighted by atomic mass is 32.1. The van der Waals surface area contributed by atoms with Crippen LogP contribution in [0.5, 0.6) is 0 Å². The van der Waals surface area contributed by atoms with E-state index < -0.39 is 0 Å². The molecule has 0 saturated heterocycles. The van der Waals surface area contributed by atoms with Gasteiger partial charge >= 0.3 is 0 Å². The second-order valence-corrected chi connectivity index (χ2v) is 19.4. The van der Waals surface area contributed by atoms with Gasteiger partial charge in [-0.05, 0) is 90.0 Å². The van der Waals surface area contributed by atoms with Gasteiger partial charge in [-0.1, -0.05) is 97.1 Å². The van der Waals surface area contributed by atoms with E-state index in [1.165, 1.54) is 62.2 Å². The Labute approximate surface area is 377 Å². The Hall–Kier alpha value is -7.62. The largest absolute Gasteiger partial charge is 0.309 e. The van der Waals surface area contributed by atoms with E-state index in [0.29, 0.717) is 17.5 Å². The molecule has 0 aliphatic rings. The van der Waals surface area contributed by atoms with Crippen LogP contribution < -0.4 is 0 Å². The van der Waals surface area contributed by atoms with E-state index >= 15 is 0 Å². The number of nitrogens with zero attached hydrogens (tertiary/aromatic N) is 5. The van der Waals surface area contributed by atoms with Crippen molar-refractivity contribution >= 4 is 116 Å². The van der Waals surface area contributed by atoms with E-state index in [4.69, 9.17) is 15.0 Å². The van der Waals surface area contributed by atoms with Crippen molar-refractivity contribution in [2.45, 2.75) is 0 Å². The van der Waals surface area contributed by atoms with Crippen LogP contribution in [0, 0.1) is 0 Å². The Kier molecular flexibility index (Phi) is 7.83. The van der Waals surface area contributed by atoms with Crippen LogP contribution in [-0.4, -0.2) is 24.5 Å². The minimum atomic E-state index is 0.630. The lowest BCUT2D eigenvalue weighted by atomic mass is 10.0. The number of pyridine rings is 1.